The van der Waals surface area contributed by atoms with Gasteiger partial charge in [0.2, 0.25) is 0 Å². The van der Waals surface area contributed by atoms with Crippen LogP contribution in [-0.2, 0) is 13.3 Å². The number of hydrogen-bond donors (Lipinski definition) is 1. The molecule has 0 fully saturated rings. The van der Waals surface area contributed by atoms with Crippen LogP contribution in [0.4, 0.5) is 5.69 Å². The lowest BCUT2D eigenvalue weighted by atomic mass is 9.34. The quantitative estimate of drug-likeness (QED) is 0.390. The molecule has 0 aliphatic rings. The molecule has 182 valence electrons. The van der Waals surface area contributed by atoms with E-state index in [0.717, 1.165) is 16.4 Å². The molecule has 4 rings (SSSR count). The van der Waals surface area contributed by atoms with Gasteiger partial charge < -0.3 is 18.2 Å². The van der Waals surface area contributed by atoms with E-state index in [1.165, 1.54) is 10.6 Å². The average molecular weight is 486 g/mol. The Morgan fingerprint density at radius 3 is 1.00 bits per heavy atom. The fourth-order valence-corrected chi connectivity index (χ4v) is 8.33. The van der Waals surface area contributed by atoms with Gasteiger partial charge in [0.25, 0.3) is 0 Å². The van der Waals surface area contributed by atoms with E-state index in [0.29, 0.717) is 0 Å². The first kappa shape index (κ1) is 26.6. The predicted molar refractivity (Wildman–Crippen MR) is 150 cm³/mol. The molecule has 0 atom stereocenters. The van der Waals surface area contributed by atoms with Crippen molar-refractivity contribution in [3.8, 4) is 0 Å². The molecule has 0 saturated heterocycles. The summed E-state index contributed by atoms with van der Waals surface area (Å²) >= 11 is 0. The second-order valence-corrected chi connectivity index (χ2v) is 12.0. The highest BCUT2D eigenvalue weighted by Gasteiger charge is 2.54. The van der Waals surface area contributed by atoms with E-state index in [2.05, 4.69) is 111 Å². The average Bonchev–Trinajstić information content (AvgIpc) is 2.94. The summed E-state index contributed by atoms with van der Waals surface area (Å²) in [4.78, 5) is 1.37. The molecule has 0 aliphatic heterocycles. The maximum atomic E-state index is 6.09. The van der Waals surface area contributed by atoms with E-state index in [1.54, 1.807) is 21.3 Å². The van der Waals surface area contributed by atoms with Gasteiger partial charge in [-0.1, -0.05) is 109 Å². The zero-order valence-electron chi connectivity index (χ0n) is 21.3. The van der Waals surface area contributed by atoms with Crippen LogP contribution in [-0.4, -0.2) is 49.8 Å². The molecule has 0 saturated carbocycles. The minimum atomic E-state index is -3.16. The summed E-state index contributed by atoms with van der Waals surface area (Å²) in [6.07, 6.45) is 0. The Morgan fingerprint density at radius 2 is 0.771 bits per heavy atom. The van der Waals surface area contributed by atoms with Crippen LogP contribution in [0.2, 0.25) is 0 Å². The van der Waals surface area contributed by atoms with E-state index in [4.69, 9.17) is 13.3 Å². The topological polar surface area (TPSA) is 32.1 Å². The van der Waals surface area contributed by atoms with Crippen molar-refractivity contribution in [2.75, 3.05) is 35.4 Å². The number of nitrogens with one attached hydrogen (secondary N) is 1. The van der Waals surface area contributed by atoms with Crippen molar-refractivity contribution in [1.29, 1.82) is 0 Å². The lowest BCUT2D eigenvalue weighted by molar-refractivity contribution is -0.786. The van der Waals surface area contributed by atoms with Gasteiger partial charge in [-0.25, -0.2) is 0 Å². The largest absolute Gasteiger partial charge is 0.401 e. The Morgan fingerprint density at radius 1 is 0.486 bits per heavy atom. The summed E-state index contributed by atoms with van der Waals surface area (Å²) in [6, 6.07) is 41.6. The molecule has 0 aromatic heterocycles. The molecule has 4 nitrogen and oxygen atoms in total. The third-order valence-electron chi connectivity index (χ3n) is 6.63. The van der Waals surface area contributed by atoms with Crippen molar-refractivity contribution in [1.82, 2.24) is 0 Å². The van der Waals surface area contributed by atoms with Crippen LogP contribution in [0.15, 0.2) is 121 Å². The number of para-hydroxylation sites is 1. The summed E-state index contributed by atoms with van der Waals surface area (Å²) in [5, 5.41) is 0. The Labute approximate surface area is 211 Å². The summed E-state index contributed by atoms with van der Waals surface area (Å²) in [7, 11) is 6.14. The van der Waals surface area contributed by atoms with E-state index in [1.807, 2.05) is 24.3 Å². The van der Waals surface area contributed by atoms with Crippen LogP contribution >= 0.6 is 0 Å². The molecule has 1 N–H and O–H groups in total. The maximum Gasteiger partial charge on any atom is 0.317 e. The first-order valence-electron chi connectivity index (χ1n) is 11.9. The van der Waals surface area contributed by atoms with Crippen LogP contribution in [0.3, 0.4) is 0 Å². The van der Waals surface area contributed by atoms with Crippen LogP contribution in [0.25, 0.3) is 0 Å². The zero-order chi connectivity index (χ0) is 25.2. The number of benzene rings is 4. The lowest BCUT2D eigenvalue weighted by Crippen LogP contribution is -3.00. The van der Waals surface area contributed by atoms with Crippen molar-refractivity contribution in [3.63, 3.8) is 0 Å². The van der Waals surface area contributed by atoms with Gasteiger partial charge in [-0.05, 0) is 12.1 Å². The van der Waals surface area contributed by atoms with E-state index in [-0.39, 0.29) is 0 Å². The van der Waals surface area contributed by atoms with Crippen molar-refractivity contribution in [2.45, 2.75) is 0 Å². The molecule has 4 aromatic rings. The van der Waals surface area contributed by atoms with E-state index >= 15 is 0 Å². The van der Waals surface area contributed by atoms with Crippen LogP contribution in [0.5, 0.6) is 0 Å². The first-order chi connectivity index (χ1) is 17.1. The van der Waals surface area contributed by atoms with Crippen molar-refractivity contribution < 1.29 is 18.2 Å². The minimum Gasteiger partial charge on any atom is -0.401 e. The highest BCUT2D eigenvalue weighted by molar-refractivity contribution is 7.51. The highest BCUT2D eigenvalue weighted by Crippen LogP contribution is 2.22. The number of hydrogen-bond acceptors (Lipinski definition) is 3. The molecule has 6 heteroatoms. The fourth-order valence-electron chi connectivity index (χ4n) is 4.97. The van der Waals surface area contributed by atoms with Gasteiger partial charge in [-0.3, -0.25) is 0 Å². The molecule has 4 aromatic carbocycles. The van der Waals surface area contributed by atoms with Crippen molar-refractivity contribution in [2.24, 2.45) is 0 Å². The Kier molecular flexibility index (Phi) is 9.60. The van der Waals surface area contributed by atoms with Crippen LogP contribution < -0.4 is 21.3 Å². The fraction of sp³-hybridized carbons (Fsp3) is 0.172. The summed E-state index contributed by atoms with van der Waals surface area (Å²) < 4.78 is 18.3. The van der Waals surface area contributed by atoms with Gasteiger partial charge >= 0.3 is 8.67 Å². The molecular formula is C29H36BNO3Si. The predicted octanol–water partition coefficient (Wildman–Crippen LogP) is 2.58. The summed E-state index contributed by atoms with van der Waals surface area (Å²) in [5.41, 5.74) is 3.15. The summed E-state index contributed by atoms with van der Waals surface area (Å²) in [5.74, 6) is 0. The normalized spacial score (nSPS) is 11.6. The van der Waals surface area contributed by atoms with E-state index in [9.17, 15) is 0 Å². The molecule has 0 spiro atoms. The lowest BCUT2D eigenvalue weighted by Gasteiger charge is -2.52. The molecule has 0 unspecified atom stereocenters. The highest BCUT2D eigenvalue weighted by atomic mass is 28.4. The van der Waals surface area contributed by atoms with Crippen LogP contribution in [0, 0.1) is 0 Å². The Balaban J connectivity index is 0.000000320. The third-order valence-corrected chi connectivity index (χ3v) is 10.4. The second-order valence-electron chi connectivity index (χ2n) is 8.68. The molecule has 0 bridgehead atoms. The Hall–Kier alpha value is -3.00. The van der Waals surface area contributed by atoms with Crippen molar-refractivity contribution >= 4 is 36.5 Å². The third kappa shape index (κ3) is 5.48. The second kappa shape index (κ2) is 12.6. The molecular weight excluding hydrogens is 449 g/mol. The van der Waals surface area contributed by atoms with Gasteiger partial charge in [0, 0.05) is 21.3 Å². The molecule has 0 aliphatic carbocycles. The number of rotatable bonds is 8. The number of quaternary nitrogens is 1. The molecule has 35 heavy (non-hydrogen) atoms. The monoisotopic (exact) mass is 485 g/mol. The standard InChI is InChI=1S/C21H24BO3Si.C8H11N/c1-23-26(24-2,25-3)22(19-13-7-4-8-14-19,20-15-9-5-10-16-20)21-17-11-6-12-18-21;1-9(2)8-6-4-3-5-7-8/h4-18H,1-3H3;3-7H,1-2H3/q-1;/p+1. The minimum absolute atomic E-state index is 1.14. The maximum absolute atomic E-state index is 6.09. The zero-order valence-corrected chi connectivity index (χ0v) is 22.3. The summed E-state index contributed by atoms with van der Waals surface area (Å²) in [6.45, 7) is 0. The van der Waals surface area contributed by atoms with Gasteiger partial charge in [-0.15, -0.1) is 0 Å². The molecule has 0 amide bonds. The Bertz CT molecular complexity index is 1020. The molecule has 0 radical (unpaired) electrons. The SMILES string of the molecule is CO[Si](OC)(OC)[B-](c1ccccc1)(c1ccccc1)c1ccccc1.C[NH+](C)c1ccccc1. The van der Waals surface area contributed by atoms with Crippen molar-refractivity contribution in [3.05, 3.63) is 121 Å². The van der Waals surface area contributed by atoms with Gasteiger partial charge in [0.15, 0.2) is 5.74 Å². The van der Waals surface area contributed by atoms with Crippen LogP contribution in [0.1, 0.15) is 0 Å². The van der Waals surface area contributed by atoms with Gasteiger partial charge in [-0.2, -0.15) is 16.4 Å². The van der Waals surface area contributed by atoms with Gasteiger partial charge in [0.1, 0.15) is 5.69 Å². The van der Waals surface area contributed by atoms with E-state index < -0.39 is 14.4 Å². The first-order valence-corrected chi connectivity index (χ1v) is 13.7. The smallest absolute Gasteiger partial charge is 0.317 e. The molecule has 0 heterocycles. The van der Waals surface area contributed by atoms with Gasteiger partial charge in [0.05, 0.1) is 14.1 Å².